The number of carbonyl (C=O) groups is 2. The van der Waals surface area contributed by atoms with E-state index in [2.05, 4.69) is 15.4 Å². The highest BCUT2D eigenvalue weighted by atomic mass is 19.3. The summed E-state index contributed by atoms with van der Waals surface area (Å²) < 4.78 is 48.4. The van der Waals surface area contributed by atoms with E-state index in [9.17, 15) is 22.8 Å². The van der Waals surface area contributed by atoms with Crippen LogP contribution in [-0.2, 0) is 9.59 Å². The molecule has 1 aliphatic carbocycles. The van der Waals surface area contributed by atoms with Gasteiger partial charge in [0.05, 0.1) is 12.5 Å². The molecule has 0 radical (unpaired) electrons. The maximum absolute atomic E-state index is 13.5. The highest BCUT2D eigenvalue weighted by Gasteiger charge is 2.38. The van der Waals surface area contributed by atoms with E-state index in [4.69, 9.17) is 4.74 Å². The molecule has 1 fully saturated rings. The van der Waals surface area contributed by atoms with E-state index in [-0.39, 0.29) is 35.7 Å². The Kier molecular flexibility index (Phi) is 5.52. The van der Waals surface area contributed by atoms with Gasteiger partial charge in [-0.15, -0.1) is 0 Å². The zero-order valence-corrected chi connectivity index (χ0v) is 15.7. The van der Waals surface area contributed by atoms with Crippen LogP contribution in [0.3, 0.4) is 0 Å². The van der Waals surface area contributed by atoms with Gasteiger partial charge in [-0.05, 0) is 36.6 Å². The van der Waals surface area contributed by atoms with Gasteiger partial charge in [0.1, 0.15) is 11.9 Å². The average molecular weight is 420 g/mol. The Morgan fingerprint density at radius 2 is 1.90 bits per heavy atom. The molecule has 2 amide bonds. The Morgan fingerprint density at radius 1 is 1.13 bits per heavy atom. The predicted octanol–water partition coefficient (Wildman–Crippen LogP) is 3.78. The molecule has 0 bridgehead atoms. The summed E-state index contributed by atoms with van der Waals surface area (Å²) in [4.78, 5) is 24.5. The molecule has 1 saturated carbocycles. The Labute approximate surface area is 170 Å². The molecule has 1 aliphatic heterocycles. The SMILES string of the molecule is O=C1CC(NC(=O)C2CC(Oc3cc(F)ccc3OC(F)F)C2)c2ccccc2N1. The minimum Gasteiger partial charge on any atom is -0.486 e. The highest BCUT2D eigenvalue weighted by molar-refractivity contribution is 5.95. The van der Waals surface area contributed by atoms with Crippen LogP contribution in [0.5, 0.6) is 11.5 Å². The van der Waals surface area contributed by atoms with Gasteiger partial charge in [-0.3, -0.25) is 9.59 Å². The Bertz CT molecular complexity index is 963. The maximum Gasteiger partial charge on any atom is 0.387 e. The average Bonchev–Trinajstić information content (AvgIpc) is 2.65. The van der Waals surface area contributed by atoms with Crippen LogP contribution in [0.2, 0.25) is 0 Å². The summed E-state index contributed by atoms with van der Waals surface area (Å²) in [7, 11) is 0. The van der Waals surface area contributed by atoms with Crippen molar-refractivity contribution in [2.24, 2.45) is 5.92 Å². The fourth-order valence-electron chi connectivity index (χ4n) is 3.65. The van der Waals surface area contributed by atoms with Crippen LogP contribution in [0.15, 0.2) is 42.5 Å². The van der Waals surface area contributed by atoms with Crippen molar-refractivity contribution in [1.82, 2.24) is 5.32 Å². The van der Waals surface area contributed by atoms with Gasteiger partial charge in [-0.25, -0.2) is 4.39 Å². The largest absolute Gasteiger partial charge is 0.486 e. The number of para-hydroxylation sites is 1. The van der Waals surface area contributed by atoms with Gasteiger partial charge in [0, 0.05) is 17.7 Å². The van der Waals surface area contributed by atoms with Crippen molar-refractivity contribution < 1.29 is 32.2 Å². The number of amides is 2. The molecule has 1 atom stereocenters. The summed E-state index contributed by atoms with van der Waals surface area (Å²) in [5.74, 6) is -1.77. The first-order valence-electron chi connectivity index (χ1n) is 9.49. The van der Waals surface area contributed by atoms with Crippen molar-refractivity contribution in [2.45, 2.75) is 38.0 Å². The third-order valence-electron chi connectivity index (χ3n) is 5.20. The van der Waals surface area contributed by atoms with Crippen LogP contribution in [0.4, 0.5) is 18.9 Å². The lowest BCUT2D eigenvalue weighted by Crippen LogP contribution is -2.45. The Morgan fingerprint density at radius 3 is 2.67 bits per heavy atom. The number of ether oxygens (including phenoxy) is 2. The lowest BCUT2D eigenvalue weighted by Gasteiger charge is -2.36. The molecule has 2 aromatic carbocycles. The molecule has 1 unspecified atom stereocenters. The van der Waals surface area contributed by atoms with Crippen LogP contribution in [0.25, 0.3) is 0 Å². The molecule has 9 heteroatoms. The molecule has 6 nitrogen and oxygen atoms in total. The van der Waals surface area contributed by atoms with Crippen molar-refractivity contribution >= 4 is 17.5 Å². The molecule has 0 saturated heterocycles. The second-order valence-electron chi connectivity index (χ2n) is 7.28. The number of alkyl halides is 2. The van der Waals surface area contributed by atoms with Crippen LogP contribution in [0.1, 0.15) is 30.9 Å². The number of nitrogens with one attached hydrogen (secondary N) is 2. The predicted molar refractivity (Wildman–Crippen MR) is 101 cm³/mol. The van der Waals surface area contributed by atoms with Crippen molar-refractivity contribution in [3.8, 4) is 11.5 Å². The minimum absolute atomic E-state index is 0.128. The van der Waals surface area contributed by atoms with Crippen LogP contribution in [-0.4, -0.2) is 24.5 Å². The molecule has 1 heterocycles. The number of halogens is 3. The minimum atomic E-state index is -3.06. The number of hydrogen-bond acceptors (Lipinski definition) is 4. The smallest absolute Gasteiger partial charge is 0.387 e. The van der Waals surface area contributed by atoms with E-state index in [0.717, 1.165) is 23.8 Å². The molecule has 0 spiro atoms. The summed E-state index contributed by atoms with van der Waals surface area (Å²) in [6.45, 7) is -3.06. The van der Waals surface area contributed by atoms with E-state index in [1.807, 2.05) is 12.1 Å². The Balaban J connectivity index is 1.35. The summed E-state index contributed by atoms with van der Waals surface area (Å²) in [6, 6.07) is 9.89. The zero-order chi connectivity index (χ0) is 21.3. The summed E-state index contributed by atoms with van der Waals surface area (Å²) in [5, 5.41) is 5.67. The molecular formula is C21H19F3N2O4. The number of hydrogen-bond donors (Lipinski definition) is 2. The molecule has 30 heavy (non-hydrogen) atoms. The van der Waals surface area contributed by atoms with Crippen molar-refractivity contribution in [1.29, 1.82) is 0 Å². The standard InChI is InChI=1S/C21H19F3N2O4/c22-12-5-6-17(30-21(23)24)18(9-12)29-13-7-11(8-13)20(28)26-16-10-19(27)25-15-4-2-1-3-14(15)16/h1-6,9,11,13,16,21H,7-8,10H2,(H,25,27)(H,26,28). The first-order chi connectivity index (χ1) is 14.4. The van der Waals surface area contributed by atoms with E-state index >= 15 is 0 Å². The summed E-state index contributed by atoms with van der Waals surface area (Å²) in [5.41, 5.74) is 1.51. The van der Waals surface area contributed by atoms with Crippen LogP contribution < -0.4 is 20.1 Å². The van der Waals surface area contributed by atoms with Gasteiger partial charge in [0.2, 0.25) is 11.8 Å². The molecule has 2 aromatic rings. The van der Waals surface area contributed by atoms with Gasteiger partial charge in [0.15, 0.2) is 11.5 Å². The topological polar surface area (TPSA) is 76.7 Å². The quantitative estimate of drug-likeness (QED) is 0.746. The van der Waals surface area contributed by atoms with E-state index in [1.54, 1.807) is 12.1 Å². The fourth-order valence-corrected chi connectivity index (χ4v) is 3.65. The molecule has 0 aromatic heterocycles. The van der Waals surface area contributed by atoms with Gasteiger partial charge in [-0.2, -0.15) is 8.78 Å². The Hall–Kier alpha value is -3.23. The fraction of sp³-hybridized carbons (Fsp3) is 0.333. The summed E-state index contributed by atoms with van der Waals surface area (Å²) in [6.07, 6.45) is 0.408. The zero-order valence-electron chi connectivity index (χ0n) is 15.7. The second-order valence-corrected chi connectivity index (χ2v) is 7.28. The third kappa shape index (κ3) is 4.34. The first kappa shape index (κ1) is 20.1. The maximum atomic E-state index is 13.5. The molecule has 4 rings (SSSR count). The van der Waals surface area contributed by atoms with Crippen molar-refractivity contribution in [2.75, 3.05) is 5.32 Å². The van der Waals surface area contributed by atoms with E-state index in [0.29, 0.717) is 18.5 Å². The summed E-state index contributed by atoms with van der Waals surface area (Å²) >= 11 is 0. The van der Waals surface area contributed by atoms with Gasteiger partial charge < -0.3 is 20.1 Å². The first-order valence-corrected chi connectivity index (χ1v) is 9.49. The van der Waals surface area contributed by atoms with E-state index < -0.39 is 24.6 Å². The molecule has 158 valence electrons. The molecule has 2 N–H and O–H groups in total. The molecule has 2 aliphatic rings. The van der Waals surface area contributed by atoms with Crippen LogP contribution >= 0.6 is 0 Å². The van der Waals surface area contributed by atoms with Crippen molar-refractivity contribution in [3.05, 3.63) is 53.8 Å². The second kappa shape index (κ2) is 8.25. The normalized spacial score (nSPS) is 22.5. The lowest BCUT2D eigenvalue weighted by atomic mass is 9.81. The van der Waals surface area contributed by atoms with Gasteiger partial charge >= 0.3 is 6.61 Å². The number of benzene rings is 2. The van der Waals surface area contributed by atoms with E-state index in [1.165, 1.54) is 0 Å². The number of carbonyl (C=O) groups excluding carboxylic acids is 2. The highest BCUT2D eigenvalue weighted by Crippen LogP contribution is 2.37. The third-order valence-corrected chi connectivity index (χ3v) is 5.20. The number of rotatable bonds is 6. The number of fused-ring (bicyclic) bond motifs is 1. The number of anilines is 1. The van der Waals surface area contributed by atoms with Gasteiger partial charge in [0.25, 0.3) is 0 Å². The van der Waals surface area contributed by atoms with Gasteiger partial charge in [-0.1, -0.05) is 18.2 Å². The lowest BCUT2D eigenvalue weighted by molar-refractivity contribution is -0.131. The van der Waals surface area contributed by atoms with Crippen molar-refractivity contribution in [3.63, 3.8) is 0 Å². The monoisotopic (exact) mass is 420 g/mol. The van der Waals surface area contributed by atoms with Crippen LogP contribution in [0, 0.1) is 11.7 Å². The molecular weight excluding hydrogens is 401 g/mol.